The van der Waals surface area contributed by atoms with Crippen LogP contribution in [0.3, 0.4) is 0 Å². The van der Waals surface area contributed by atoms with Crippen LogP contribution in [-0.4, -0.2) is 42.5 Å². The summed E-state index contributed by atoms with van der Waals surface area (Å²) < 4.78 is 0. The first-order chi connectivity index (χ1) is 10.1. The van der Waals surface area contributed by atoms with Gasteiger partial charge in [0.05, 0.1) is 0 Å². The highest BCUT2D eigenvalue weighted by atomic mass is 32.1. The molecule has 0 radical (unpaired) electrons. The number of piperidine rings is 1. The van der Waals surface area contributed by atoms with Crippen molar-refractivity contribution >= 4 is 23.1 Å². The number of likely N-dealkylation sites (tertiary alicyclic amines) is 1. The Kier molecular flexibility index (Phi) is 5.70. The number of carbonyl (C=O) groups excluding carboxylic acids is 1. The maximum atomic E-state index is 12.0. The van der Waals surface area contributed by atoms with E-state index in [1.54, 1.807) is 24.3 Å². The van der Waals surface area contributed by atoms with Gasteiger partial charge in [0.15, 0.2) is 0 Å². The number of carbonyl (C=O) groups is 1. The first-order valence-electron chi connectivity index (χ1n) is 7.43. The minimum absolute atomic E-state index is 0.0302. The number of nitrogens with one attached hydrogen (secondary N) is 1. The molecular weight excluding hydrogens is 282 g/mol. The fraction of sp³-hybridized carbons (Fsp3) is 0.500. The molecule has 1 aliphatic heterocycles. The molecule has 0 aromatic heterocycles. The Hall–Kier alpha value is -1.46. The molecule has 1 aromatic carbocycles. The normalized spacial score (nSPS) is 16.6. The number of nitrogens with zero attached hydrogens (tertiary/aromatic N) is 1. The molecular formula is C16H23N3OS. The van der Waals surface area contributed by atoms with Gasteiger partial charge in [-0.05, 0) is 57.5 Å². The summed E-state index contributed by atoms with van der Waals surface area (Å²) in [6, 6.07) is 7.10. The highest BCUT2D eigenvalue weighted by Crippen LogP contribution is 2.18. The summed E-state index contributed by atoms with van der Waals surface area (Å²) in [5, 5.41) is 2.99. The first-order valence-corrected chi connectivity index (χ1v) is 7.83. The number of hydrogen-bond acceptors (Lipinski definition) is 3. The lowest BCUT2D eigenvalue weighted by atomic mass is 9.94. The van der Waals surface area contributed by atoms with Crippen LogP contribution in [0.1, 0.15) is 35.2 Å². The van der Waals surface area contributed by atoms with Gasteiger partial charge < -0.3 is 16.0 Å². The van der Waals surface area contributed by atoms with Gasteiger partial charge >= 0.3 is 0 Å². The Morgan fingerprint density at radius 1 is 1.29 bits per heavy atom. The number of thiocarbonyl (C=S) groups is 1. The van der Waals surface area contributed by atoms with Gasteiger partial charge in [0, 0.05) is 17.7 Å². The highest BCUT2D eigenvalue weighted by Gasteiger charge is 2.16. The Morgan fingerprint density at radius 2 is 1.86 bits per heavy atom. The average Bonchev–Trinajstić information content (AvgIpc) is 2.49. The molecule has 1 aromatic rings. The summed E-state index contributed by atoms with van der Waals surface area (Å²) in [4.78, 5) is 14.7. The van der Waals surface area contributed by atoms with Crippen LogP contribution in [0.4, 0.5) is 0 Å². The molecule has 0 spiro atoms. The van der Waals surface area contributed by atoms with Gasteiger partial charge in [0.2, 0.25) is 0 Å². The van der Waals surface area contributed by atoms with E-state index in [1.165, 1.54) is 25.9 Å². The predicted molar refractivity (Wildman–Crippen MR) is 89.5 cm³/mol. The smallest absolute Gasteiger partial charge is 0.251 e. The first kappa shape index (κ1) is 15.9. The summed E-state index contributed by atoms with van der Waals surface area (Å²) in [5.74, 6) is 0.705. The number of rotatable bonds is 5. The summed E-state index contributed by atoms with van der Waals surface area (Å²) in [5.41, 5.74) is 6.98. The van der Waals surface area contributed by atoms with Crippen molar-refractivity contribution in [2.24, 2.45) is 11.7 Å². The van der Waals surface area contributed by atoms with Gasteiger partial charge in [-0.2, -0.15) is 0 Å². The summed E-state index contributed by atoms with van der Waals surface area (Å²) in [7, 11) is 2.16. The van der Waals surface area contributed by atoms with E-state index in [-0.39, 0.29) is 5.91 Å². The Balaban J connectivity index is 1.75. The zero-order valence-corrected chi connectivity index (χ0v) is 13.3. The molecule has 1 fully saturated rings. The fourth-order valence-electron chi connectivity index (χ4n) is 2.63. The van der Waals surface area contributed by atoms with Crippen LogP contribution in [-0.2, 0) is 0 Å². The van der Waals surface area contributed by atoms with Gasteiger partial charge in [0.1, 0.15) is 4.99 Å². The molecule has 0 saturated carbocycles. The Morgan fingerprint density at radius 3 is 2.43 bits per heavy atom. The van der Waals surface area contributed by atoms with E-state index in [4.69, 9.17) is 18.0 Å². The van der Waals surface area contributed by atoms with E-state index in [0.29, 0.717) is 10.6 Å². The zero-order valence-electron chi connectivity index (χ0n) is 12.5. The maximum absolute atomic E-state index is 12.0. The van der Waals surface area contributed by atoms with Gasteiger partial charge in [0.25, 0.3) is 5.91 Å². The fourth-order valence-corrected chi connectivity index (χ4v) is 2.76. The predicted octanol–water partition coefficient (Wildman–Crippen LogP) is 1.78. The molecule has 1 amide bonds. The molecule has 0 bridgehead atoms. The molecule has 4 nitrogen and oxygen atoms in total. The van der Waals surface area contributed by atoms with Crippen molar-refractivity contribution in [1.82, 2.24) is 10.2 Å². The van der Waals surface area contributed by atoms with Crippen molar-refractivity contribution < 1.29 is 4.79 Å². The number of amides is 1. The van der Waals surface area contributed by atoms with Crippen LogP contribution in [0.5, 0.6) is 0 Å². The van der Waals surface area contributed by atoms with Crippen molar-refractivity contribution in [2.75, 3.05) is 26.7 Å². The minimum Gasteiger partial charge on any atom is -0.389 e. The van der Waals surface area contributed by atoms with Gasteiger partial charge in [-0.25, -0.2) is 0 Å². The molecule has 1 aliphatic rings. The van der Waals surface area contributed by atoms with Crippen molar-refractivity contribution in [1.29, 1.82) is 0 Å². The third-order valence-electron chi connectivity index (χ3n) is 4.11. The molecule has 1 heterocycles. The molecule has 3 N–H and O–H groups in total. The Bertz CT molecular complexity index is 493. The van der Waals surface area contributed by atoms with Gasteiger partial charge in [-0.3, -0.25) is 4.79 Å². The highest BCUT2D eigenvalue weighted by molar-refractivity contribution is 7.80. The standard InChI is InChI=1S/C16H23N3OS/c1-19-10-7-12(8-11-19)6-9-18-16(20)14-4-2-13(3-5-14)15(17)21/h2-5,12H,6-11H2,1H3,(H2,17,21)(H,18,20). The second-order valence-corrected chi connectivity index (χ2v) is 6.17. The largest absolute Gasteiger partial charge is 0.389 e. The van der Waals surface area contributed by atoms with E-state index in [9.17, 15) is 4.79 Å². The Labute approximate surface area is 131 Å². The van der Waals surface area contributed by atoms with E-state index in [2.05, 4.69) is 17.3 Å². The van der Waals surface area contributed by atoms with Crippen molar-refractivity contribution in [3.8, 4) is 0 Å². The molecule has 2 rings (SSSR count). The topological polar surface area (TPSA) is 58.4 Å². The average molecular weight is 305 g/mol. The molecule has 5 heteroatoms. The lowest BCUT2D eigenvalue weighted by Crippen LogP contribution is -2.32. The third kappa shape index (κ3) is 4.79. The number of nitrogens with two attached hydrogens (primary N) is 1. The van der Waals surface area contributed by atoms with Crippen LogP contribution < -0.4 is 11.1 Å². The lowest BCUT2D eigenvalue weighted by molar-refractivity contribution is 0.0949. The molecule has 0 atom stereocenters. The lowest BCUT2D eigenvalue weighted by Gasteiger charge is -2.28. The third-order valence-corrected chi connectivity index (χ3v) is 4.34. The summed E-state index contributed by atoms with van der Waals surface area (Å²) in [6.45, 7) is 3.07. The second kappa shape index (κ2) is 7.52. The monoisotopic (exact) mass is 305 g/mol. The quantitative estimate of drug-likeness (QED) is 0.814. The number of hydrogen-bond donors (Lipinski definition) is 2. The van der Waals surface area contributed by atoms with Crippen LogP contribution in [0.15, 0.2) is 24.3 Å². The zero-order chi connectivity index (χ0) is 15.2. The SMILES string of the molecule is CN1CCC(CCNC(=O)c2ccc(C(N)=S)cc2)CC1. The van der Waals surface area contributed by atoms with Crippen molar-refractivity contribution in [3.63, 3.8) is 0 Å². The van der Waals surface area contributed by atoms with Crippen LogP contribution in [0.2, 0.25) is 0 Å². The van der Waals surface area contributed by atoms with Crippen LogP contribution in [0.25, 0.3) is 0 Å². The molecule has 114 valence electrons. The second-order valence-electron chi connectivity index (χ2n) is 5.73. The molecule has 1 saturated heterocycles. The van der Waals surface area contributed by atoms with E-state index in [1.807, 2.05) is 0 Å². The van der Waals surface area contributed by atoms with Gasteiger partial charge in [-0.1, -0.05) is 24.4 Å². The molecule has 0 unspecified atom stereocenters. The summed E-state index contributed by atoms with van der Waals surface area (Å²) in [6.07, 6.45) is 3.52. The molecule has 0 aliphatic carbocycles. The van der Waals surface area contributed by atoms with Crippen molar-refractivity contribution in [3.05, 3.63) is 35.4 Å². The van der Waals surface area contributed by atoms with Crippen molar-refractivity contribution in [2.45, 2.75) is 19.3 Å². The van der Waals surface area contributed by atoms with Crippen LogP contribution in [0, 0.1) is 5.92 Å². The minimum atomic E-state index is -0.0302. The van der Waals surface area contributed by atoms with Gasteiger partial charge in [-0.15, -0.1) is 0 Å². The van der Waals surface area contributed by atoms with Crippen LogP contribution >= 0.6 is 12.2 Å². The van der Waals surface area contributed by atoms with E-state index >= 15 is 0 Å². The summed E-state index contributed by atoms with van der Waals surface area (Å²) >= 11 is 4.90. The maximum Gasteiger partial charge on any atom is 0.251 e. The van der Waals surface area contributed by atoms with E-state index < -0.39 is 0 Å². The number of benzene rings is 1. The molecule has 21 heavy (non-hydrogen) atoms. The van der Waals surface area contributed by atoms with E-state index in [0.717, 1.165) is 24.4 Å².